The Bertz CT molecular complexity index is 619. The van der Waals surface area contributed by atoms with Crippen LogP contribution in [0.1, 0.15) is 5.56 Å². The van der Waals surface area contributed by atoms with Crippen molar-refractivity contribution >= 4 is 28.6 Å². The lowest BCUT2D eigenvalue weighted by Crippen LogP contribution is -1.98. The molecular formula is C12H8N2O2S. The Morgan fingerprint density at radius 3 is 2.94 bits per heavy atom. The second kappa shape index (κ2) is 4.85. The van der Waals surface area contributed by atoms with E-state index in [1.807, 2.05) is 18.2 Å². The molecule has 1 N–H and O–H groups in total. The Morgan fingerprint density at radius 2 is 2.24 bits per heavy atom. The molecule has 0 bridgehead atoms. The number of benzene rings is 1. The summed E-state index contributed by atoms with van der Waals surface area (Å²) in [6.45, 7) is 0. The Hall–Kier alpha value is -2.06. The van der Waals surface area contributed by atoms with Gasteiger partial charge in [-0.2, -0.15) is 5.26 Å². The van der Waals surface area contributed by atoms with Crippen LogP contribution in [0.5, 0.6) is 0 Å². The standard InChI is InChI=1S/C12H8N2O2S/c13-6-8-5-11(17-7-12(15)16)14-10-4-2-1-3-9(8)10/h1-5H,7H2,(H,15,16). The number of carbonyl (C=O) groups is 1. The van der Waals surface area contributed by atoms with E-state index in [2.05, 4.69) is 11.1 Å². The van der Waals surface area contributed by atoms with E-state index in [1.165, 1.54) is 0 Å². The van der Waals surface area contributed by atoms with Crippen molar-refractivity contribution < 1.29 is 9.90 Å². The fraction of sp³-hybridized carbons (Fsp3) is 0.0833. The highest BCUT2D eigenvalue weighted by atomic mass is 32.2. The SMILES string of the molecule is N#Cc1cc(SCC(=O)O)nc2ccccc12. The number of aliphatic carboxylic acids is 1. The molecule has 0 amide bonds. The van der Waals surface area contributed by atoms with Crippen LogP contribution in [0.15, 0.2) is 35.4 Å². The van der Waals surface area contributed by atoms with E-state index in [-0.39, 0.29) is 5.75 Å². The van der Waals surface area contributed by atoms with Crippen LogP contribution >= 0.6 is 11.8 Å². The molecule has 1 heterocycles. The maximum atomic E-state index is 10.5. The molecule has 1 aromatic carbocycles. The quantitative estimate of drug-likeness (QED) is 0.838. The van der Waals surface area contributed by atoms with Crippen molar-refractivity contribution in [1.29, 1.82) is 5.26 Å². The normalized spacial score (nSPS) is 10.1. The van der Waals surface area contributed by atoms with Gasteiger partial charge in [0.15, 0.2) is 0 Å². The minimum atomic E-state index is -0.900. The molecule has 4 nitrogen and oxygen atoms in total. The molecule has 84 valence electrons. The minimum Gasteiger partial charge on any atom is -0.481 e. The van der Waals surface area contributed by atoms with Gasteiger partial charge in [0.1, 0.15) is 0 Å². The van der Waals surface area contributed by atoms with Crippen LogP contribution in [0.2, 0.25) is 0 Å². The van der Waals surface area contributed by atoms with Crippen LogP contribution in [0.4, 0.5) is 0 Å². The van der Waals surface area contributed by atoms with Crippen LogP contribution in [-0.4, -0.2) is 21.8 Å². The van der Waals surface area contributed by atoms with Crippen molar-refractivity contribution in [3.8, 4) is 6.07 Å². The van der Waals surface area contributed by atoms with Crippen LogP contribution in [0, 0.1) is 11.3 Å². The van der Waals surface area contributed by atoms with E-state index >= 15 is 0 Å². The molecule has 0 aliphatic carbocycles. The van der Waals surface area contributed by atoms with E-state index in [0.29, 0.717) is 16.1 Å². The summed E-state index contributed by atoms with van der Waals surface area (Å²) in [5, 5.41) is 19.0. The number of nitrogens with zero attached hydrogens (tertiary/aromatic N) is 2. The van der Waals surface area contributed by atoms with Crippen molar-refractivity contribution in [2.24, 2.45) is 0 Å². The first kappa shape index (κ1) is 11.4. The van der Waals surface area contributed by atoms with Gasteiger partial charge in [-0.1, -0.05) is 30.0 Å². The Morgan fingerprint density at radius 1 is 1.47 bits per heavy atom. The first-order valence-electron chi connectivity index (χ1n) is 4.85. The maximum absolute atomic E-state index is 10.5. The van der Waals surface area contributed by atoms with Gasteiger partial charge in [-0.15, -0.1) is 0 Å². The summed E-state index contributed by atoms with van der Waals surface area (Å²) in [5.41, 5.74) is 1.22. The van der Waals surface area contributed by atoms with Gasteiger partial charge in [0.25, 0.3) is 0 Å². The summed E-state index contributed by atoms with van der Waals surface area (Å²) < 4.78 is 0. The first-order valence-corrected chi connectivity index (χ1v) is 5.84. The third-order valence-electron chi connectivity index (χ3n) is 2.16. The molecule has 0 fully saturated rings. The number of para-hydroxylation sites is 1. The molecule has 5 heteroatoms. The van der Waals surface area contributed by atoms with Crippen LogP contribution in [0.3, 0.4) is 0 Å². The monoisotopic (exact) mass is 244 g/mol. The van der Waals surface area contributed by atoms with E-state index in [1.54, 1.807) is 12.1 Å². The van der Waals surface area contributed by atoms with Crippen LogP contribution in [-0.2, 0) is 4.79 Å². The zero-order chi connectivity index (χ0) is 12.3. The Balaban J connectivity index is 2.46. The lowest BCUT2D eigenvalue weighted by atomic mass is 10.1. The van der Waals surface area contributed by atoms with Gasteiger partial charge in [-0.25, -0.2) is 4.98 Å². The highest BCUT2D eigenvalue weighted by Crippen LogP contribution is 2.23. The number of hydrogen-bond acceptors (Lipinski definition) is 4. The summed E-state index contributed by atoms with van der Waals surface area (Å²) in [6.07, 6.45) is 0. The number of fused-ring (bicyclic) bond motifs is 1. The molecule has 0 radical (unpaired) electrons. The summed E-state index contributed by atoms with van der Waals surface area (Å²) in [5.74, 6) is -0.959. The molecule has 17 heavy (non-hydrogen) atoms. The van der Waals surface area contributed by atoms with Crippen molar-refractivity contribution in [2.75, 3.05) is 5.75 Å². The molecule has 0 atom stereocenters. The minimum absolute atomic E-state index is 0.0593. The molecular weight excluding hydrogens is 236 g/mol. The number of hydrogen-bond donors (Lipinski definition) is 1. The number of carboxylic acids is 1. The van der Waals surface area contributed by atoms with Gasteiger partial charge >= 0.3 is 5.97 Å². The van der Waals surface area contributed by atoms with Crippen molar-refractivity contribution in [3.05, 3.63) is 35.9 Å². The number of aromatic nitrogens is 1. The van der Waals surface area contributed by atoms with E-state index < -0.39 is 5.97 Å². The number of nitriles is 1. The molecule has 2 aromatic rings. The third kappa shape index (κ3) is 2.55. The van der Waals surface area contributed by atoms with Gasteiger partial charge in [-0.3, -0.25) is 4.79 Å². The zero-order valence-corrected chi connectivity index (χ0v) is 9.57. The molecule has 1 aromatic heterocycles. The number of rotatable bonds is 3. The van der Waals surface area contributed by atoms with Gasteiger partial charge in [0, 0.05) is 5.39 Å². The molecule has 0 aliphatic rings. The second-order valence-electron chi connectivity index (χ2n) is 3.32. The van der Waals surface area contributed by atoms with Crippen LogP contribution < -0.4 is 0 Å². The Labute approximate surface area is 102 Å². The van der Waals surface area contributed by atoms with E-state index in [0.717, 1.165) is 17.1 Å². The number of pyridine rings is 1. The summed E-state index contributed by atoms with van der Waals surface area (Å²) in [7, 11) is 0. The fourth-order valence-corrected chi connectivity index (χ4v) is 2.09. The molecule has 0 spiro atoms. The third-order valence-corrected chi connectivity index (χ3v) is 3.05. The smallest absolute Gasteiger partial charge is 0.313 e. The lowest BCUT2D eigenvalue weighted by molar-refractivity contribution is -0.133. The van der Waals surface area contributed by atoms with Crippen molar-refractivity contribution in [3.63, 3.8) is 0 Å². The largest absolute Gasteiger partial charge is 0.481 e. The summed E-state index contributed by atoms with van der Waals surface area (Å²) in [6, 6.07) is 11.0. The molecule has 0 unspecified atom stereocenters. The highest BCUT2D eigenvalue weighted by Gasteiger charge is 2.07. The van der Waals surface area contributed by atoms with Gasteiger partial charge < -0.3 is 5.11 Å². The maximum Gasteiger partial charge on any atom is 0.313 e. The highest BCUT2D eigenvalue weighted by molar-refractivity contribution is 7.99. The topological polar surface area (TPSA) is 74.0 Å². The summed E-state index contributed by atoms with van der Waals surface area (Å²) in [4.78, 5) is 14.8. The average Bonchev–Trinajstić information content (AvgIpc) is 2.35. The Kier molecular flexibility index (Phi) is 3.26. The first-order chi connectivity index (χ1) is 8.20. The van der Waals surface area contributed by atoms with Gasteiger partial charge in [-0.05, 0) is 12.1 Å². The van der Waals surface area contributed by atoms with E-state index in [4.69, 9.17) is 10.4 Å². The predicted octanol–water partition coefficient (Wildman–Crippen LogP) is 2.28. The van der Waals surface area contributed by atoms with Gasteiger partial charge in [0.05, 0.1) is 27.9 Å². The number of thioether (sulfide) groups is 1. The zero-order valence-electron chi connectivity index (χ0n) is 8.75. The molecule has 0 saturated carbocycles. The average molecular weight is 244 g/mol. The van der Waals surface area contributed by atoms with E-state index in [9.17, 15) is 4.79 Å². The lowest BCUT2D eigenvalue weighted by Gasteiger charge is -2.03. The second-order valence-corrected chi connectivity index (χ2v) is 4.32. The predicted molar refractivity (Wildman–Crippen MR) is 64.8 cm³/mol. The fourth-order valence-electron chi connectivity index (χ4n) is 1.45. The van der Waals surface area contributed by atoms with Crippen molar-refractivity contribution in [1.82, 2.24) is 4.98 Å². The molecule has 2 rings (SSSR count). The van der Waals surface area contributed by atoms with Gasteiger partial charge in [0.2, 0.25) is 0 Å². The van der Waals surface area contributed by atoms with Crippen molar-refractivity contribution in [2.45, 2.75) is 5.03 Å². The van der Waals surface area contributed by atoms with Crippen LogP contribution in [0.25, 0.3) is 10.9 Å². The molecule has 0 saturated heterocycles. The molecule has 0 aliphatic heterocycles. The number of carboxylic acid groups (broad SMARTS) is 1. The summed E-state index contributed by atoms with van der Waals surface area (Å²) >= 11 is 1.11.